The second-order valence-corrected chi connectivity index (χ2v) is 3.34. The second-order valence-electron chi connectivity index (χ2n) is 3.34. The molecule has 0 bridgehead atoms. The first-order valence-electron chi connectivity index (χ1n) is 5.41. The maximum Gasteiger partial charge on any atom is 0.0994 e. The third-order valence-corrected chi connectivity index (χ3v) is 2.21. The van der Waals surface area contributed by atoms with E-state index in [1.54, 1.807) is 0 Å². The highest BCUT2D eigenvalue weighted by Gasteiger charge is 2.10. The maximum absolute atomic E-state index is 5.67. The fourth-order valence-electron chi connectivity index (χ4n) is 1.47. The Hall–Kier alpha value is -0.890. The summed E-state index contributed by atoms with van der Waals surface area (Å²) < 4.78 is 5.67. The van der Waals surface area contributed by atoms with Gasteiger partial charge in [0.05, 0.1) is 11.8 Å². The maximum atomic E-state index is 5.67. The van der Waals surface area contributed by atoms with Gasteiger partial charge in [0.15, 0.2) is 0 Å². The number of rotatable bonds is 6. The molecular weight excluding hydrogens is 174 g/mol. The van der Waals surface area contributed by atoms with Gasteiger partial charge in [0.2, 0.25) is 0 Å². The Bertz CT molecular complexity index is 235. The summed E-state index contributed by atoms with van der Waals surface area (Å²) in [5.41, 5.74) is 1.06. The van der Waals surface area contributed by atoms with E-state index < -0.39 is 0 Å². The summed E-state index contributed by atoms with van der Waals surface area (Å²) in [6.07, 6.45) is 5.48. The first-order valence-corrected chi connectivity index (χ1v) is 5.41. The first-order chi connectivity index (χ1) is 6.88. The van der Waals surface area contributed by atoms with E-state index in [0.717, 1.165) is 18.7 Å². The number of unbranched alkanes of at least 4 members (excludes halogenated alkanes) is 1. The third-order valence-electron chi connectivity index (χ3n) is 2.21. The molecule has 2 nitrogen and oxygen atoms in total. The van der Waals surface area contributed by atoms with Crippen molar-refractivity contribution in [3.05, 3.63) is 30.1 Å². The number of hydrogen-bond donors (Lipinski definition) is 0. The zero-order chi connectivity index (χ0) is 10.2. The van der Waals surface area contributed by atoms with Crippen molar-refractivity contribution in [2.45, 2.75) is 39.2 Å². The van der Waals surface area contributed by atoms with E-state index in [1.807, 2.05) is 31.3 Å². The average Bonchev–Trinajstić information content (AvgIpc) is 2.25. The monoisotopic (exact) mass is 193 g/mol. The number of aromatic nitrogens is 1. The number of pyridine rings is 1. The fraction of sp³-hybridized carbons (Fsp3) is 0.583. The molecular formula is C12H19NO. The molecule has 1 aromatic heterocycles. The summed E-state index contributed by atoms with van der Waals surface area (Å²) in [5.74, 6) is 0. The molecule has 0 aromatic carbocycles. The Morgan fingerprint density at radius 3 is 2.79 bits per heavy atom. The Balaban J connectivity index is 2.58. The van der Waals surface area contributed by atoms with Crippen molar-refractivity contribution in [2.24, 2.45) is 0 Å². The van der Waals surface area contributed by atoms with Crippen LogP contribution < -0.4 is 0 Å². The van der Waals surface area contributed by atoms with Crippen LogP contribution in [-0.4, -0.2) is 11.6 Å². The molecule has 0 N–H and O–H groups in total. The van der Waals surface area contributed by atoms with E-state index in [-0.39, 0.29) is 6.10 Å². The third kappa shape index (κ3) is 3.46. The summed E-state index contributed by atoms with van der Waals surface area (Å²) in [6, 6.07) is 5.99. The van der Waals surface area contributed by atoms with Crippen molar-refractivity contribution < 1.29 is 4.74 Å². The van der Waals surface area contributed by atoms with Crippen molar-refractivity contribution in [2.75, 3.05) is 6.61 Å². The van der Waals surface area contributed by atoms with Gasteiger partial charge in [0, 0.05) is 12.8 Å². The molecule has 1 unspecified atom stereocenters. The Kier molecular flexibility index (Phi) is 5.23. The summed E-state index contributed by atoms with van der Waals surface area (Å²) in [4.78, 5) is 4.33. The molecule has 2 heteroatoms. The van der Waals surface area contributed by atoms with Gasteiger partial charge in [-0.15, -0.1) is 0 Å². The van der Waals surface area contributed by atoms with Gasteiger partial charge in [-0.05, 0) is 25.5 Å². The minimum Gasteiger partial charge on any atom is -0.372 e. The SMILES string of the molecule is CCCCC(OCC)c1ccccn1. The molecule has 1 rings (SSSR count). The van der Waals surface area contributed by atoms with Gasteiger partial charge in [0.1, 0.15) is 0 Å². The summed E-state index contributed by atoms with van der Waals surface area (Å²) in [7, 11) is 0. The van der Waals surface area contributed by atoms with Crippen LogP contribution in [0.3, 0.4) is 0 Å². The van der Waals surface area contributed by atoms with Crippen LogP contribution in [0.25, 0.3) is 0 Å². The number of nitrogens with zero attached hydrogens (tertiary/aromatic N) is 1. The van der Waals surface area contributed by atoms with Gasteiger partial charge >= 0.3 is 0 Å². The summed E-state index contributed by atoms with van der Waals surface area (Å²) >= 11 is 0. The van der Waals surface area contributed by atoms with Crippen LogP contribution >= 0.6 is 0 Å². The van der Waals surface area contributed by atoms with Crippen LogP contribution in [0.5, 0.6) is 0 Å². The van der Waals surface area contributed by atoms with Crippen molar-refractivity contribution in [1.29, 1.82) is 0 Å². The standard InChI is InChI=1S/C12H19NO/c1-3-5-9-12(14-4-2)11-8-6-7-10-13-11/h6-8,10,12H,3-5,9H2,1-2H3. The molecule has 0 spiro atoms. The Morgan fingerprint density at radius 1 is 1.36 bits per heavy atom. The van der Waals surface area contributed by atoms with E-state index in [2.05, 4.69) is 11.9 Å². The quantitative estimate of drug-likeness (QED) is 0.691. The molecule has 0 radical (unpaired) electrons. The Morgan fingerprint density at radius 2 is 2.21 bits per heavy atom. The predicted octanol–water partition coefficient (Wildman–Crippen LogP) is 3.35. The van der Waals surface area contributed by atoms with Crippen molar-refractivity contribution in [3.63, 3.8) is 0 Å². The van der Waals surface area contributed by atoms with Gasteiger partial charge in [-0.1, -0.05) is 25.8 Å². The topological polar surface area (TPSA) is 22.1 Å². The summed E-state index contributed by atoms with van der Waals surface area (Å²) in [6.45, 7) is 4.98. The zero-order valence-corrected chi connectivity index (χ0v) is 9.07. The van der Waals surface area contributed by atoms with Crippen molar-refractivity contribution in [3.8, 4) is 0 Å². The molecule has 1 atom stereocenters. The fourth-order valence-corrected chi connectivity index (χ4v) is 1.47. The zero-order valence-electron chi connectivity index (χ0n) is 9.07. The van der Waals surface area contributed by atoms with Gasteiger partial charge < -0.3 is 4.74 Å². The lowest BCUT2D eigenvalue weighted by atomic mass is 10.1. The summed E-state index contributed by atoms with van der Waals surface area (Å²) in [5, 5.41) is 0. The molecule has 78 valence electrons. The van der Waals surface area contributed by atoms with Gasteiger partial charge in [-0.25, -0.2) is 0 Å². The number of ether oxygens (including phenoxy) is 1. The lowest BCUT2D eigenvalue weighted by molar-refractivity contribution is 0.0516. The molecule has 0 aliphatic heterocycles. The predicted molar refractivity (Wildman–Crippen MR) is 58.1 cm³/mol. The molecule has 0 fully saturated rings. The smallest absolute Gasteiger partial charge is 0.0994 e. The molecule has 1 heterocycles. The molecule has 1 aromatic rings. The molecule has 0 aliphatic carbocycles. The van der Waals surface area contributed by atoms with Gasteiger partial charge in [-0.3, -0.25) is 4.98 Å². The van der Waals surface area contributed by atoms with E-state index in [4.69, 9.17) is 4.74 Å². The highest BCUT2D eigenvalue weighted by Crippen LogP contribution is 2.21. The average molecular weight is 193 g/mol. The highest BCUT2D eigenvalue weighted by molar-refractivity contribution is 5.06. The minimum absolute atomic E-state index is 0.182. The van der Waals surface area contributed by atoms with E-state index >= 15 is 0 Å². The Labute approximate surface area is 86.3 Å². The van der Waals surface area contributed by atoms with Gasteiger partial charge in [-0.2, -0.15) is 0 Å². The molecule has 0 saturated heterocycles. The van der Waals surface area contributed by atoms with Crippen LogP contribution in [0.15, 0.2) is 24.4 Å². The van der Waals surface area contributed by atoms with Gasteiger partial charge in [0.25, 0.3) is 0 Å². The molecule has 14 heavy (non-hydrogen) atoms. The lowest BCUT2D eigenvalue weighted by Gasteiger charge is -2.15. The first kappa shape index (κ1) is 11.2. The van der Waals surface area contributed by atoms with Crippen LogP contribution in [0.4, 0.5) is 0 Å². The van der Waals surface area contributed by atoms with Crippen molar-refractivity contribution >= 4 is 0 Å². The largest absolute Gasteiger partial charge is 0.372 e. The second kappa shape index (κ2) is 6.55. The lowest BCUT2D eigenvalue weighted by Crippen LogP contribution is -2.05. The normalized spacial score (nSPS) is 12.7. The van der Waals surface area contributed by atoms with E-state index in [9.17, 15) is 0 Å². The van der Waals surface area contributed by atoms with E-state index in [0.29, 0.717) is 0 Å². The minimum atomic E-state index is 0.182. The number of hydrogen-bond acceptors (Lipinski definition) is 2. The van der Waals surface area contributed by atoms with Crippen molar-refractivity contribution in [1.82, 2.24) is 4.98 Å². The molecule has 0 saturated carbocycles. The highest BCUT2D eigenvalue weighted by atomic mass is 16.5. The van der Waals surface area contributed by atoms with Crippen LogP contribution in [0, 0.1) is 0 Å². The van der Waals surface area contributed by atoms with Crippen LogP contribution in [0.1, 0.15) is 44.9 Å². The van der Waals surface area contributed by atoms with Crippen LogP contribution in [0.2, 0.25) is 0 Å². The molecule has 0 aliphatic rings. The van der Waals surface area contributed by atoms with E-state index in [1.165, 1.54) is 12.8 Å². The van der Waals surface area contributed by atoms with Crippen LogP contribution in [-0.2, 0) is 4.74 Å². The molecule has 0 amide bonds.